The zero-order chi connectivity index (χ0) is 12.1. The summed E-state index contributed by atoms with van der Waals surface area (Å²) in [5.74, 6) is 1.02. The van der Waals surface area contributed by atoms with Crippen LogP contribution in [0, 0.1) is 0 Å². The second-order valence-corrected chi connectivity index (χ2v) is 5.33. The van der Waals surface area contributed by atoms with E-state index in [9.17, 15) is 0 Å². The predicted molar refractivity (Wildman–Crippen MR) is 74.0 cm³/mol. The smallest absolute Gasteiger partial charge is 0.133 e. The first kappa shape index (κ1) is 12.8. The average molecular weight is 251 g/mol. The predicted octanol–water partition coefficient (Wildman–Crippen LogP) is 3.32. The molecule has 0 aliphatic heterocycles. The van der Waals surface area contributed by atoms with Crippen molar-refractivity contribution in [3.63, 3.8) is 0 Å². The third-order valence-corrected chi connectivity index (χ3v) is 3.81. The van der Waals surface area contributed by atoms with E-state index in [0.29, 0.717) is 0 Å². The van der Waals surface area contributed by atoms with Crippen LogP contribution in [0.4, 0.5) is 0 Å². The molecular formula is C14H21NOS. The Morgan fingerprint density at radius 1 is 1.41 bits per heavy atom. The van der Waals surface area contributed by atoms with Gasteiger partial charge in [-0.15, -0.1) is 11.8 Å². The molecule has 0 saturated heterocycles. The van der Waals surface area contributed by atoms with Crippen LogP contribution in [-0.2, 0) is 0 Å². The Bertz CT molecular complexity index is 352. The zero-order valence-electron chi connectivity index (χ0n) is 10.6. The molecule has 3 heteroatoms. The number of benzene rings is 1. The summed E-state index contributed by atoms with van der Waals surface area (Å²) in [6.45, 7) is 3.14. The quantitative estimate of drug-likeness (QED) is 0.751. The summed E-state index contributed by atoms with van der Waals surface area (Å²) in [6.07, 6.45) is 6.08. The number of ether oxygens (including phenoxy) is 1. The van der Waals surface area contributed by atoms with Crippen molar-refractivity contribution < 1.29 is 4.74 Å². The fourth-order valence-corrected chi connectivity index (χ4v) is 2.28. The van der Waals surface area contributed by atoms with E-state index in [0.717, 1.165) is 24.8 Å². The Kier molecular flexibility index (Phi) is 4.75. The Morgan fingerprint density at radius 2 is 2.18 bits per heavy atom. The number of hydrogen-bond acceptors (Lipinski definition) is 3. The molecule has 0 aromatic heterocycles. The summed E-state index contributed by atoms with van der Waals surface area (Å²) in [4.78, 5) is 1.22. The van der Waals surface area contributed by atoms with Crippen molar-refractivity contribution in [2.45, 2.75) is 43.2 Å². The largest absolute Gasteiger partial charge is 0.488 e. The minimum absolute atomic E-state index is 0.281. The molecule has 1 atom stereocenters. The lowest BCUT2D eigenvalue weighted by Crippen LogP contribution is -2.32. The SMILES string of the molecule is CCC(CNC1CC1)Oc1ccccc1SC. The van der Waals surface area contributed by atoms with Crippen molar-refractivity contribution in [2.24, 2.45) is 0 Å². The van der Waals surface area contributed by atoms with Crippen LogP contribution in [0.1, 0.15) is 26.2 Å². The number of rotatable bonds is 7. The Balaban J connectivity index is 1.91. The van der Waals surface area contributed by atoms with Gasteiger partial charge in [-0.1, -0.05) is 19.1 Å². The molecule has 1 fully saturated rings. The fraction of sp³-hybridized carbons (Fsp3) is 0.571. The van der Waals surface area contributed by atoms with Gasteiger partial charge >= 0.3 is 0 Å². The maximum Gasteiger partial charge on any atom is 0.133 e. The van der Waals surface area contributed by atoms with Crippen LogP contribution < -0.4 is 10.1 Å². The molecule has 1 aliphatic rings. The third kappa shape index (κ3) is 3.93. The highest BCUT2D eigenvalue weighted by atomic mass is 32.2. The third-order valence-electron chi connectivity index (χ3n) is 3.03. The molecule has 94 valence electrons. The van der Waals surface area contributed by atoms with E-state index >= 15 is 0 Å². The minimum atomic E-state index is 0.281. The highest BCUT2D eigenvalue weighted by molar-refractivity contribution is 7.98. The van der Waals surface area contributed by atoms with Gasteiger partial charge in [0, 0.05) is 17.5 Å². The average Bonchev–Trinajstić information content (AvgIpc) is 3.19. The molecule has 0 bridgehead atoms. The van der Waals surface area contributed by atoms with Crippen molar-refractivity contribution in [1.29, 1.82) is 0 Å². The highest BCUT2D eigenvalue weighted by Crippen LogP contribution is 2.28. The van der Waals surface area contributed by atoms with Gasteiger partial charge in [-0.2, -0.15) is 0 Å². The van der Waals surface area contributed by atoms with Gasteiger partial charge in [0.15, 0.2) is 0 Å². The van der Waals surface area contributed by atoms with Gasteiger partial charge in [0.2, 0.25) is 0 Å². The van der Waals surface area contributed by atoms with Gasteiger partial charge in [0.05, 0.1) is 0 Å². The molecule has 0 spiro atoms. The zero-order valence-corrected chi connectivity index (χ0v) is 11.4. The normalized spacial score (nSPS) is 16.8. The molecule has 2 rings (SSSR count). The van der Waals surface area contributed by atoms with Crippen LogP contribution in [-0.4, -0.2) is 24.9 Å². The summed E-state index contributed by atoms with van der Waals surface area (Å²) < 4.78 is 6.08. The summed E-state index contributed by atoms with van der Waals surface area (Å²) in [5.41, 5.74) is 0. The van der Waals surface area contributed by atoms with Crippen molar-refractivity contribution >= 4 is 11.8 Å². The lowest BCUT2D eigenvalue weighted by molar-refractivity contribution is 0.188. The molecular weight excluding hydrogens is 230 g/mol. The molecule has 1 aliphatic carbocycles. The second-order valence-electron chi connectivity index (χ2n) is 4.48. The van der Waals surface area contributed by atoms with Crippen molar-refractivity contribution in [3.8, 4) is 5.75 Å². The molecule has 0 heterocycles. The summed E-state index contributed by atoms with van der Waals surface area (Å²) in [6, 6.07) is 9.02. The van der Waals surface area contributed by atoms with Crippen LogP contribution in [0.2, 0.25) is 0 Å². The molecule has 0 amide bonds. The van der Waals surface area contributed by atoms with E-state index in [-0.39, 0.29) is 6.10 Å². The van der Waals surface area contributed by atoms with E-state index in [1.165, 1.54) is 17.7 Å². The first-order chi connectivity index (χ1) is 8.33. The summed E-state index contributed by atoms with van der Waals surface area (Å²) in [5, 5.41) is 3.53. The molecule has 1 saturated carbocycles. The lowest BCUT2D eigenvalue weighted by atomic mass is 10.2. The van der Waals surface area contributed by atoms with Crippen molar-refractivity contribution in [1.82, 2.24) is 5.32 Å². The first-order valence-electron chi connectivity index (χ1n) is 6.36. The maximum absolute atomic E-state index is 6.08. The number of para-hydroxylation sites is 1. The van der Waals surface area contributed by atoms with Gasteiger partial charge in [-0.3, -0.25) is 0 Å². The molecule has 1 aromatic rings. The van der Waals surface area contributed by atoms with Gasteiger partial charge in [-0.25, -0.2) is 0 Å². The van der Waals surface area contributed by atoms with Gasteiger partial charge in [0.25, 0.3) is 0 Å². The Hall–Kier alpha value is -0.670. The molecule has 17 heavy (non-hydrogen) atoms. The van der Waals surface area contributed by atoms with Crippen LogP contribution >= 0.6 is 11.8 Å². The molecule has 2 nitrogen and oxygen atoms in total. The molecule has 1 N–H and O–H groups in total. The number of thioether (sulfide) groups is 1. The first-order valence-corrected chi connectivity index (χ1v) is 7.59. The lowest BCUT2D eigenvalue weighted by Gasteiger charge is -2.19. The van der Waals surface area contributed by atoms with E-state index < -0.39 is 0 Å². The van der Waals surface area contributed by atoms with Crippen molar-refractivity contribution in [2.75, 3.05) is 12.8 Å². The maximum atomic E-state index is 6.08. The monoisotopic (exact) mass is 251 g/mol. The van der Waals surface area contributed by atoms with Crippen LogP contribution in [0.5, 0.6) is 5.75 Å². The van der Waals surface area contributed by atoms with Gasteiger partial charge in [-0.05, 0) is 37.7 Å². The summed E-state index contributed by atoms with van der Waals surface area (Å²) in [7, 11) is 0. The molecule has 1 aromatic carbocycles. The number of nitrogens with one attached hydrogen (secondary N) is 1. The Labute approximate surface area is 108 Å². The van der Waals surface area contributed by atoms with E-state index in [4.69, 9.17) is 4.74 Å². The fourth-order valence-electron chi connectivity index (χ4n) is 1.75. The standard InChI is InChI=1S/C14H21NOS/c1-3-12(10-15-11-8-9-11)16-13-6-4-5-7-14(13)17-2/h4-7,11-12,15H,3,8-10H2,1-2H3. The second kappa shape index (κ2) is 6.31. The van der Waals surface area contributed by atoms with Crippen LogP contribution in [0.3, 0.4) is 0 Å². The van der Waals surface area contributed by atoms with E-state index in [2.05, 4.69) is 36.7 Å². The van der Waals surface area contributed by atoms with Gasteiger partial charge < -0.3 is 10.1 Å². The highest BCUT2D eigenvalue weighted by Gasteiger charge is 2.22. The topological polar surface area (TPSA) is 21.3 Å². The number of hydrogen-bond donors (Lipinski definition) is 1. The Morgan fingerprint density at radius 3 is 2.82 bits per heavy atom. The molecule has 1 unspecified atom stereocenters. The van der Waals surface area contributed by atoms with Crippen LogP contribution in [0.15, 0.2) is 29.2 Å². The summed E-state index contributed by atoms with van der Waals surface area (Å²) >= 11 is 1.74. The van der Waals surface area contributed by atoms with Crippen LogP contribution in [0.25, 0.3) is 0 Å². The van der Waals surface area contributed by atoms with E-state index in [1.807, 2.05) is 6.07 Å². The van der Waals surface area contributed by atoms with E-state index in [1.54, 1.807) is 11.8 Å². The van der Waals surface area contributed by atoms with Gasteiger partial charge in [0.1, 0.15) is 11.9 Å². The van der Waals surface area contributed by atoms with Crippen molar-refractivity contribution in [3.05, 3.63) is 24.3 Å². The minimum Gasteiger partial charge on any atom is -0.488 e. The molecule has 0 radical (unpaired) electrons.